The van der Waals surface area contributed by atoms with Gasteiger partial charge < -0.3 is 4.52 Å². The van der Waals surface area contributed by atoms with E-state index in [0.717, 1.165) is 28.7 Å². The number of hydrogen-bond donors (Lipinski definition) is 0. The molecule has 0 bridgehead atoms. The number of halogens is 2. The van der Waals surface area contributed by atoms with Crippen LogP contribution in [0.25, 0.3) is 33.7 Å². The normalized spacial score (nSPS) is 11.1. The fourth-order valence-electron chi connectivity index (χ4n) is 2.63. The van der Waals surface area contributed by atoms with Crippen LogP contribution in [0.5, 0.6) is 0 Å². The quantitative estimate of drug-likeness (QED) is 0.543. The highest BCUT2D eigenvalue weighted by Gasteiger charge is 2.19. The average Bonchev–Trinajstić information content (AvgIpc) is 3.03. The van der Waals surface area contributed by atoms with Crippen molar-refractivity contribution in [2.45, 2.75) is 6.92 Å². The highest BCUT2D eigenvalue weighted by Crippen LogP contribution is 2.30. The van der Waals surface area contributed by atoms with Crippen molar-refractivity contribution in [1.29, 1.82) is 0 Å². The second-order valence-electron chi connectivity index (χ2n) is 5.35. The second kappa shape index (κ2) is 5.49. The van der Waals surface area contributed by atoms with Gasteiger partial charge in [0.25, 0.3) is 5.89 Å². The van der Waals surface area contributed by atoms with E-state index in [1.54, 1.807) is 0 Å². The molecule has 0 radical (unpaired) electrons. The standard InChI is InChI=1S/C18H11F2N3O/c1-10-9-12(11-5-2-3-8-15(11)21-10)17-22-18(24-23-17)16-13(19)6-4-7-14(16)20/h2-9H,1H3. The molecular formula is C18H11F2N3O. The van der Waals surface area contributed by atoms with Crippen molar-refractivity contribution >= 4 is 10.9 Å². The van der Waals surface area contributed by atoms with Crippen molar-refractivity contribution in [1.82, 2.24) is 15.1 Å². The average molecular weight is 323 g/mol. The first kappa shape index (κ1) is 14.4. The number of aromatic nitrogens is 3. The van der Waals surface area contributed by atoms with Crippen LogP contribution in [0.3, 0.4) is 0 Å². The Morgan fingerprint density at radius 3 is 2.46 bits per heavy atom. The van der Waals surface area contributed by atoms with Crippen LogP contribution in [-0.2, 0) is 0 Å². The van der Waals surface area contributed by atoms with Crippen LogP contribution in [0, 0.1) is 18.6 Å². The summed E-state index contributed by atoms with van der Waals surface area (Å²) in [5.74, 6) is -1.43. The van der Waals surface area contributed by atoms with Crippen molar-refractivity contribution in [2.24, 2.45) is 0 Å². The Morgan fingerprint density at radius 1 is 0.917 bits per heavy atom. The van der Waals surface area contributed by atoms with Gasteiger partial charge in [-0.15, -0.1) is 0 Å². The number of para-hydroxylation sites is 1. The van der Waals surface area contributed by atoms with Crippen LogP contribution >= 0.6 is 0 Å². The smallest absolute Gasteiger partial charge is 0.264 e. The van der Waals surface area contributed by atoms with Crippen LogP contribution < -0.4 is 0 Å². The molecule has 0 spiro atoms. The second-order valence-corrected chi connectivity index (χ2v) is 5.35. The molecule has 0 aliphatic carbocycles. The Balaban J connectivity index is 1.90. The Bertz CT molecular complexity index is 1040. The van der Waals surface area contributed by atoms with Gasteiger partial charge in [-0.1, -0.05) is 29.4 Å². The summed E-state index contributed by atoms with van der Waals surface area (Å²) in [6.07, 6.45) is 0. The van der Waals surface area contributed by atoms with E-state index in [1.807, 2.05) is 37.3 Å². The zero-order chi connectivity index (χ0) is 16.7. The lowest BCUT2D eigenvalue weighted by Crippen LogP contribution is -1.91. The molecular weight excluding hydrogens is 312 g/mol. The van der Waals surface area contributed by atoms with Crippen LogP contribution in [0.4, 0.5) is 8.78 Å². The van der Waals surface area contributed by atoms with Crippen molar-refractivity contribution in [3.05, 3.63) is 65.9 Å². The summed E-state index contributed by atoms with van der Waals surface area (Å²) in [7, 11) is 0. The van der Waals surface area contributed by atoms with Crippen molar-refractivity contribution in [3.8, 4) is 22.8 Å². The van der Waals surface area contributed by atoms with E-state index in [2.05, 4.69) is 15.1 Å². The molecule has 0 atom stereocenters. The Kier molecular flexibility index (Phi) is 3.30. The summed E-state index contributed by atoms with van der Waals surface area (Å²) >= 11 is 0. The largest absolute Gasteiger partial charge is 0.333 e. The Labute approximate surface area is 135 Å². The first-order valence-corrected chi connectivity index (χ1v) is 7.28. The molecule has 6 heteroatoms. The maximum atomic E-state index is 13.9. The zero-order valence-corrected chi connectivity index (χ0v) is 12.6. The van der Waals surface area contributed by atoms with Crippen molar-refractivity contribution < 1.29 is 13.3 Å². The van der Waals surface area contributed by atoms with E-state index in [-0.39, 0.29) is 17.3 Å². The van der Waals surface area contributed by atoms with Gasteiger partial charge in [0, 0.05) is 16.6 Å². The van der Waals surface area contributed by atoms with Gasteiger partial charge in [-0.25, -0.2) is 8.78 Å². The molecule has 0 amide bonds. The fourth-order valence-corrected chi connectivity index (χ4v) is 2.63. The summed E-state index contributed by atoms with van der Waals surface area (Å²) < 4.78 is 32.9. The minimum Gasteiger partial charge on any atom is -0.333 e. The van der Waals surface area contributed by atoms with Crippen LogP contribution in [0.1, 0.15) is 5.69 Å². The highest BCUT2D eigenvalue weighted by atomic mass is 19.1. The van der Waals surface area contributed by atoms with Gasteiger partial charge in [0.15, 0.2) is 0 Å². The fraction of sp³-hybridized carbons (Fsp3) is 0.0556. The molecule has 0 saturated heterocycles. The minimum absolute atomic E-state index is 0.195. The van der Waals surface area contributed by atoms with E-state index in [9.17, 15) is 8.78 Å². The lowest BCUT2D eigenvalue weighted by molar-refractivity contribution is 0.426. The molecule has 2 aromatic heterocycles. The minimum atomic E-state index is -0.749. The van der Waals surface area contributed by atoms with Gasteiger partial charge in [-0.05, 0) is 31.2 Å². The molecule has 4 nitrogen and oxygen atoms in total. The SMILES string of the molecule is Cc1cc(-c2noc(-c3c(F)cccc3F)n2)c2ccccc2n1. The summed E-state index contributed by atoms with van der Waals surface area (Å²) in [6.45, 7) is 1.85. The van der Waals surface area contributed by atoms with E-state index in [4.69, 9.17) is 4.52 Å². The first-order valence-electron chi connectivity index (χ1n) is 7.28. The van der Waals surface area contributed by atoms with E-state index in [1.165, 1.54) is 6.07 Å². The van der Waals surface area contributed by atoms with Gasteiger partial charge in [0.05, 0.1) is 5.52 Å². The zero-order valence-electron chi connectivity index (χ0n) is 12.6. The maximum absolute atomic E-state index is 13.9. The topological polar surface area (TPSA) is 51.8 Å². The third kappa shape index (κ3) is 2.32. The van der Waals surface area contributed by atoms with Gasteiger partial charge in [0.1, 0.15) is 17.2 Å². The predicted octanol–water partition coefficient (Wildman–Crippen LogP) is 4.54. The molecule has 0 saturated carbocycles. The van der Waals surface area contributed by atoms with Gasteiger partial charge in [0.2, 0.25) is 5.82 Å². The highest BCUT2D eigenvalue weighted by molar-refractivity contribution is 5.92. The summed E-state index contributed by atoms with van der Waals surface area (Å²) in [5, 5.41) is 4.73. The summed E-state index contributed by atoms with van der Waals surface area (Å²) in [6, 6.07) is 12.9. The van der Waals surface area contributed by atoms with Crippen LogP contribution in [-0.4, -0.2) is 15.1 Å². The Hall–Kier alpha value is -3.15. The van der Waals surface area contributed by atoms with Gasteiger partial charge >= 0.3 is 0 Å². The number of rotatable bonds is 2. The molecule has 2 heterocycles. The van der Waals surface area contributed by atoms with Crippen LogP contribution in [0.15, 0.2) is 53.1 Å². The lowest BCUT2D eigenvalue weighted by Gasteiger charge is -2.03. The molecule has 4 rings (SSSR count). The monoisotopic (exact) mass is 323 g/mol. The molecule has 0 aliphatic heterocycles. The van der Waals surface area contributed by atoms with Gasteiger partial charge in [-0.3, -0.25) is 4.98 Å². The lowest BCUT2D eigenvalue weighted by atomic mass is 10.1. The van der Waals surface area contributed by atoms with E-state index >= 15 is 0 Å². The van der Waals surface area contributed by atoms with E-state index < -0.39 is 11.6 Å². The number of fused-ring (bicyclic) bond motifs is 1. The molecule has 0 fully saturated rings. The number of aryl methyl sites for hydroxylation is 1. The van der Waals surface area contributed by atoms with Gasteiger partial charge in [-0.2, -0.15) is 4.98 Å². The third-order valence-corrected chi connectivity index (χ3v) is 3.69. The number of nitrogens with zero attached hydrogens (tertiary/aromatic N) is 3. The predicted molar refractivity (Wildman–Crippen MR) is 85.1 cm³/mol. The van der Waals surface area contributed by atoms with Crippen molar-refractivity contribution in [3.63, 3.8) is 0 Å². The summed E-state index contributed by atoms with van der Waals surface area (Å²) in [5.41, 5.74) is 1.94. The Morgan fingerprint density at radius 2 is 1.67 bits per heavy atom. The number of hydrogen-bond acceptors (Lipinski definition) is 4. The van der Waals surface area contributed by atoms with Crippen LogP contribution in [0.2, 0.25) is 0 Å². The molecule has 0 unspecified atom stereocenters. The third-order valence-electron chi connectivity index (χ3n) is 3.69. The molecule has 2 aromatic carbocycles. The molecule has 24 heavy (non-hydrogen) atoms. The number of benzene rings is 2. The maximum Gasteiger partial charge on any atom is 0.264 e. The van der Waals surface area contributed by atoms with E-state index in [0.29, 0.717) is 5.56 Å². The molecule has 0 N–H and O–H groups in total. The summed E-state index contributed by atoms with van der Waals surface area (Å²) in [4.78, 5) is 8.63. The molecule has 118 valence electrons. The molecule has 0 aliphatic rings. The van der Waals surface area contributed by atoms with Crippen molar-refractivity contribution in [2.75, 3.05) is 0 Å². The molecule has 4 aromatic rings. The number of pyridine rings is 1. The first-order chi connectivity index (χ1) is 11.6.